The number of ether oxygens (including phenoxy) is 1. The van der Waals surface area contributed by atoms with Crippen LogP contribution in [0.5, 0.6) is 0 Å². The van der Waals surface area contributed by atoms with E-state index in [9.17, 15) is 4.79 Å². The summed E-state index contributed by atoms with van der Waals surface area (Å²) >= 11 is 0. The molecule has 0 aliphatic carbocycles. The van der Waals surface area contributed by atoms with Gasteiger partial charge in [-0.25, -0.2) is 0 Å². The third-order valence-electron chi connectivity index (χ3n) is 2.20. The average molecular weight is 223 g/mol. The molecular formula is C12H17NO3. The highest BCUT2D eigenvalue weighted by atomic mass is 16.5. The second-order valence-corrected chi connectivity index (χ2v) is 3.63. The predicted octanol–water partition coefficient (Wildman–Crippen LogP) is 0.830. The van der Waals surface area contributed by atoms with Crippen LogP contribution in [0.2, 0.25) is 0 Å². The van der Waals surface area contributed by atoms with Crippen molar-refractivity contribution in [2.24, 2.45) is 5.73 Å². The number of carbonyl (C=O) groups excluding carboxylic acids is 1. The molecular weight excluding hydrogens is 206 g/mol. The molecule has 0 heterocycles. The zero-order chi connectivity index (χ0) is 11.8. The van der Waals surface area contributed by atoms with E-state index in [1.807, 2.05) is 30.3 Å². The van der Waals surface area contributed by atoms with E-state index in [0.29, 0.717) is 6.42 Å². The van der Waals surface area contributed by atoms with Crippen molar-refractivity contribution < 1.29 is 14.6 Å². The molecule has 0 bridgehead atoms. The lowest BCUT2D eigenvalue weighted by Crippen LogP contribution is -2.25. The molecule has 0 amide bonds. The molecule has 0 spiro atoms. The molecule has 0 fully saturated rings. The Morgan fingerprint density at radius 3 is 2.69 bits per heavy atom. The Kier molecular flexibility index (Phi) is 5.53. The summed E-state index contributed by atoms with van der Waals surface area (Å²) in [5.41, 5.74) is 6.43. The van der Waals surface area contributed by atoms with Gasteiger partial charge in [0.25, 0.3) is 0 Å². The zero-order valence-electron chi connectivity index (χ0n) is 9.13. The van der Waals surface area contributed by atoms with E-state index in [0.717, 1.165) is 5.56 Å². The minimum absolute atomic E-state index is 0.105. The van der Waals surface area contributed by atoms with Gasteiger partial charge in [0.15, 0.2) is 0 Å². The Balaban J connectivity index is 2.20. The van der Waals surface area contributed by atoms with E-state index in [1.165, 1.54) is 0 Å². The number of hydrogen-bond acceptors (Lipinski definition) is 4. The van der Waals surface area contributed by atoms with Crippen LogP contribution in [0.3, 0.4) is 0 Å². The molecule has 0 radical (unpaired) electrons. The van der Waals surface area contributed by atoms with Gasteiger partial charge >= 0.3 is 5.97 Å². The number of aliphatic hydroxyl groups excluding tert-OH is 1. The van der Waals surface area contributed by atoms with Crippen LogP contribution in [0.1, 0.15) is 18.4 Å². The van der Waals surface area contributed by atoms with Crippen molar-refractivity contribution >= 4 is 5.97 Å². The highest BCUT2D eigenvalue weighted by Crippen LogP contribution is 2.03. The molecule has 4 nitrogen and oxygen atoms in total. The normalized spacial score (nSPS) is 12.1. The van der Waals surface area contributed by atoms with E-state index in [4.69, 9.17) is 15.6 Å². The van der Waals surface area contributed by atoms with Crippen LogP contribution in [-0.2, 0) is 16.1 Å². The second-order valence-electron chi connectivity index (χ2n) is 3.63. The number of rotatable bonds is 6. The van der Waals surface area contributed by atoms with Gasteiger partial charge in [-0.1, -0.05) is 30.3 Å². The molecule has 0 aromatic heterocycles. The lowest BCUT2D eigenvalue weighted by atomic mass is 10.2. The maximum Gasteiger partial charge on any atom is 0.306 e. The smallest absolute Gasteiger partial charge is 0.306 e. The summed E-state index contributed by atoms with van der Waals surface area (Å²) in [5.74, 6) is -0.284. The number of aliphatic hydroxyl groups is 1. The third kappa shape index (κ3) is 4.91. The highest BCUT2D eigenvalue weighted by Gasteiger charge is 2.07. The Morgan fingerprint density at radius 1 is 1.38 bits per heavy atom. The summed E-state index contributed by atoms with van der Waals surface area (Å²) in [6.07, 6.45) is 0.693. The summed E-state index contributed by atoms with van der Waals surface area (Å²) in [6, 6.07) is 9.14. The first-order valence-corrected chi connectivity index (χ1v) is 5.28. The molecule has 1 rings (SSSR count). The first kappa shape index (κ1) is 12.7. The van der Waals surface area contributed by atoms with Crippen molar-refractivity contribution in [3.8, 4) is 0 Å². The number of esters is 1. The van der Waals surface area contributed by atoms with E-state index in [1.54, 1.807) is 0 Å². The maximum atomic E-state index is 11.3. The minimum Gasteiger partial charge on any atom is -0.461 e. The van der Waals surface area contributed by atoms with E-state index in [2.05, 4.69) is 0 Å². The monoisotopic (exact) mass is 223 g/mol. The number of nitrogens with two attached hydrogens (primary N) is 1. The van der Waals surface area contributed by atoms with Crippen molar-refractivity contribution in [3.63, 3.8) is 0 Å². The van der Waals surface area contributed by atoms with Crippen LogP contribution < -0.4 is 5.73 Å². The molecule has 16 heavy (non-hydrogen) atoms. The van der Waals surface area contributed by atoms with Gasteiger partial charge in [-0.15, -0.1) is 0 Å². The van der Waals surface area contributed by atoms with Crippen molar-refractivity contribution in [2.45, 2.75) is 25.5 Å². The molecule has 4 heteroatoms. The van der Waals surface area contributed by atoms with Gasteiger partial charge in [0.1, 0.15) is 6.61 Å². The molecule has 0 unspecified atom stereocenters. The Morgan fingerprint density at radius 2 is 2.06 bits per heavy atom. The molecule has 0 aliphatic heterocycles. The fourth-order valence-electron chi connectivity index (χ4n) is 1.20. The second kappa shape index (κ2) is 6.98. The maximum absolute atomic E-state index is 11.3. The molecule has 1 aromatic rings. The Labute approximate surface area is 95.0 Å². The molecule has 1 aromatic carbocycles. The van der Waals surface area contributed by atoms with Gasteiger partial charge in [0.05, 0.1) is 6.61 Å². The van der Waals surface area contributed by atoms with Crippen molar-refractivity contribution in [2.75, 3.05) is 6.61 Å². The molecule has 0 saturated heterocycles. The van der Waals surface area contributed by atoms with Crippen LogP contribution in [-0.4, -0.2) is 23.7 Å². The standard InChI is InChI=1S/C12H17NO3/c13-11(8-14)6-7-12(15)16-9-10-4-2-1-3-5-10/h1-5,11,14H,6-9,13H2/t11-/m0/s1. The van der Waals surface area contributed by atoms with Gasteiger partial charge < -0.3 is 15.6 Å². The summed E-state index contributed by atoms with van der Waals surface area (Å²) in [5, 5.41) is 8.68. The summed E-state index contributed by atoms with van der Waals surface area (Å²) in [4.78, 5) is 11.3. The SMILES string of the molecule is N[C@H](CO)CCC(=O)OCc1ccccc1. The van der Waals surface area contributed by atoms with E-state index in [-0.39, 0.29) is 31.6 Å². The first-order chi connectivity index (χ1) is 7.72. The van der Waals surface area contributed by atoms with Crippen LogP contribution in [0.4, 0.5) is 0 Å². The molecule has 3 N–H and O–H groups in total. The van der Waals surface area contributed by atoms with Gasteiger partial charge in [-0.3, -0.25) is 4.79 Å². The predicted molar refractivity (Wildman–Crippen MR) is 60.5 cm³/mol. The fraction of sp³-hybridized carbons (Fsp3) is 0.417. The van der Waals surface area contributed by atoms with Crippen LogP contribution in [0.25, 0.3) is 0 Å². The molecule has 88 valence electrons. The number of benzene rings is 1. The fourth-order valence-corrected chi connectivity index (χ4v) is 1.20. The Bertz CT molecular complexity index is 313. The highest BCUT2D eigenvalue weighted by molar-refractivity contribution is 5.69. The largest absolute Gasteiger partial charge is 0.461 e. The van der Waals surface area contributed by atoms with Crippen LogP contribution in [0, 0.1) is 0 Å². The van der Waals surface area contributed by atoms with E-state index < -0.39 is 0 Å². The van der Waals surface area contributed by atoms with Gasteiger partial charge in [0.2, 0.25) is 0 Å². The van der Waals surface area contributed by atoms with Gasteiger partial charge in [0, 0.05) is 12.5 Å². The molecule has 1 atom stereocenters. The lowest BCUT2D eigenvalue weighted by molar-refractivity contribution is -0.145. The Hall–Kier alpha value is -1.39. The van der Waals surface area contributed by atoms with Gasteiger partial charge in [-0.05, 0) is 12.0 Å². The van der Waals surface area contributed by atoms with Crippen LogP contribution in [0.15, 0.2) is 30.3 Å². The average Bonchev–Trinajstić information content (AvgIpc) is 2.34. The lowest BCUT2D eigenvalue weighted by Gasteiger charge is -2.07. The number of carbonyl (C=O) groups is 1. The van der Waals surface area contributed by atoms with Crippen LogP contribution >= 0.6 is 0 Å². The zero-order valence-corrected chi connectivity index (χ0v) is 9.13. The van der Waals surface area contributed by atoms with Gasteiger partial charge in [-0.2, -0.15) is 0 Å². The van der Waals surface area contributed by atoms with Crippen molar-refractivity contribution in [3.05, 3.63) is 35.9 Å². The summed E-state index contributed by atoms with van der Waals surface area (Å²) in [6.45, 7) is 0.181. The molecule has 0 saturated carbocycles. The summed E-state index contributed by atoms with van der Waals surface area (Å²) < 4.78 is 5.05. The first-order valence-electron chi connectivity index (χ1n) is 5.28. The quantitative estimate of drug-likeness (QED) is 0.701. The van der Waals surface area contributed by atoms with Crippen molar-refractivity contribution in [1.82, 2.24) is 0 Å². The molecule has 0 aliphatic rings. The third-order valence-corrected chi connectivity index (χ3v) is 2.20. The minimum atomic E-state index is -0.343. The van der Waals surface area contributed by atoms with Crippen molar-refractivity contribution in [1.29, 1.82) is 0 Å². The summed E-state index contributed by atoms with van der Waals surface area (Å²) in [7, 11) is 0. The number of hydrogen-bond donors (Lipinski definition) is 2. The topological polar surface area (TPSA) is 72.5 Å². The van der Waals surface area contributed by atoms with E-state index >= 15 is 0 Å².